The largest absolute Gasteiger partial charge is 0.495 e. The van der Waals surface area contributed by atoms with E-state index in [2.05, 4.69) is 9.44 Å². The van der Waals surface area contributed by atoms with E-state index in [0.29, 0.717) is 0 Å². The van der Waals surface area contributed by atoms with Crippen molar-refractivity contribution in [2.75, 3.05) is 22.8 Å². The first kappa shape index (κ1) is 18.1. The van der Waals surface area contributed by atoms with Gasteiger partial charge in [-0.3, -0.25) is 9.44 Å². The highest BCUT2D eigenvalue weighted by atomic mass is 32.2. The Bertz CT molecular complexity index is 954. The number of methoxy groups -OCH3 is 1. The molecule has 0 amide bonds. The third kappa shape index (κ3) is 4.39. The number of rotatable bonds is 6. The summed E-state index contributed by atoms with van der Waals surface area (Å²) in [7, 11) is -6.14. The van der Waals surface area contributed by atoms with E-state index in [4.69, 9.17) is 4.74 Å². The molecule has 9 heteroatoms. The molecule has 2 rings (SSSR count). The van der Waals surface area contributed by atoms with Crippen LogP contribution in [-0.2, 0) is 20.0 Å². The Labute approximate surface area is 141 Å². The Hall–Kier alpha value is -2.26. The molecule has 2 aromatic rings. The standard InChI is InChI=1S/C15H18N2O5S2/c1-11-8-9-14(22-2)15(10-11)24(20,21)17-13-7-5-4-6-12(13)16-23(3,18)19/h4-10,16-17H,1-3H3. The highest BCUT2D eigenvalue weighted by molar-refractivity contribution is 7.93. The number of ether oxygens (including phenoxy) is 1. The summed E-state index contributed by atoms with van der Waals surface area (Å²) in [5.74, 6) is 0.196. The normalized spacial score (nSPS) is 11.8. The number of para-hydroxylation sites is 2. The van der Waals surface area contributed by atoms with Crippen LogP contribution in [0.4, 0.5) is 11.4 Å². The third-order valence-electron chi connectivity index (χ3n) is 3.08. The second-order valence-corrected chi connectivity index (χ2v) is 8.58. The topological polar surface area (TPSA) is 102 Å². The third-order valence-corrected chi connectivity index (χ3v) is 5.05. The SMILES string of the molecule is COc1ccc(C)cc1S(=O)(=O)Nc1ccccc1NS(C)(=O)=O. The van der Waals surface area contributed by atoms with Gasteiger partial charge < -0.3 is 4.74 Å². The summed E-state index contributed by atoms with van der Waals surface area (Å²) >= 11 is 0. The molecule has 0 spiro atoms. The molecule has 130 valence electrons. The zero-order valence-corrected chi connectivity index (χ0v) is 15.0. The summed E-state index contributed by atoms with van der Waals surface area (Å²) < 4.78 is 58.0. The number of anilines is 2. The molecule has 0 bridgehead atoms. The molecule has 0 atom stereocenters. The molecular formula is C15H18N2O5S2. The van der Waals surface area contributed by atoms with Gasteiger partial charge in [0.25, 0.3) is 10.0 Å². The molecule has 0 aliphatic rings. The second kappa shape index (κ2) is 6.70. The summed E-state index contributed by atoms with van der Waals surface area (Å²) in [6.07, 6.45) is 0.988. The second-order valence-electron chi connectivity index (χ2n) is 5.18. The fourth-order valence-electron chi connectivity index (χ4n) is 2.05. The smallest absolute Gasteiger partial charge is 0.265 e. The van der Waals surface area contributed by atoms with Gasteiger partial charge in [-0.05, 0) is 36.8 Å². The Balaban J connectivity index is 2.46. The van der Waals surface area contributed by atoms with Crippen molar-refractivity contribution in [3.05, 3.63) is 48.0 Å². The van der Waals surface area contributed by atoms with Crippen LogP contribution in [0.1, 0.15) is 5.56 Å². The first-order valence-corrected chi connectivity index (χ1v) is 10.2. The molecule has 0 heterocycles. The first-order chi connectivity index (χ1) is 11.1. The summed E-state index contributed by atoms with van der Waals surface area (Å²) in [5.41, 5.74) is 1.00. The lowest BCUT2D eigenvalue weighted by atomic mass is 10.2. The quantitative estimate of drug-likeness (QED) is 0.811. The van der Waals surface area contributed by atoms with Gasteiger partial charge in [0.2, 0.25) is 10.0 Å². The Morgan fingerprint density at radius 2 is 1.50 bits per heavy atom. The minimum Gasteiger partial charge on any atom is -0.495 e. The van der Waals surface area contributed by atoms with Crippen LogP contribution in [0.15, 0.2) is 47.4 Å². The lowest BCUT2D eigenvalue weighted by Gasteiger charge is -2.15. The maximum Gasteiger partial charge on any atom is 0.265 e. The molecule has 0 radical (unpaired) electrons. The highest BCUT2D eigenvalue weighted by Crippen LogP contribution is 2.29. The van der Waals surface area contributed by atoms with Crippen LogP contribution in [-0.4, -0.2) is 30.2 Å². The van der Waals surface area contributed by atoms with Crippen molar-refractivity contribution in [2.24, 2.45) is 0 Å². The van der Waals surface area contributed by atoms with Crippen molar-refractivity contribution in [1.29, 1.82) is 0 Å². The summed E-state index contributed by atoms with van der Waals surface area (Å²) in [6, 6.07) is 10.9. The number of hydrogen-bond acceptors (Lipinski definition) is 5. The van der Waals surface area contributed by atoms with Gasteiger partial charge in [0.1, 0.15) is 10.6 Å². The highest BCUT2D eigenvalue weighted by Gasteiger charge is 2.21. The summed E-state index contributed by atoms with van der Waals surface area (Å²) in [4.78, 5) is -0.0286. The summed E-state index contributed by atoms with van der Waals surface area (Å²) in [6.45, 7) is 1.76. The molecule has 24 heavy (non-hydrogen) atoms. The molecule has 2 aromatic carbocycles. The molecule has 2 N–H and O–H groups in total. The van der Waals surface area contributed by atoms with Gasteiger partial charge in [-0.2, -0.15) is 0 Å². The minimum absolute atomic E-state index is 0.0286. The van der Waals surface area contributed by atoms with Gasteiger partial charge in [0.05, 0.1) is 24.7 Å². The van der Waals surface area contributed by atoms with Crippen molar-refractivity contribution in [3.8, 4) is 5.75 Å². The Morgan fingerprint density at radius 1 is 0.917 bits per heavy atom. The van der Waals surface area contributed by atoms with E-state index in [-0.39, 0.29) is 22.0 Å². The minimum atomic E-state index is -3.97. The average molecular weight is 370 g/mol. The van der Waals surface area contributed by atoms with E-state index in [9.17, 15) is 16.8 Å². The number of hydrogen-bond donors (Lipinski definition) is 2. The maximum atomic E-state index is 12.7. The van der Waals surface area contributed by atoms with Gasteiger partial charge in [0, 0.05) is 0 Å². The van der Waals surface area contributed by atoms with Crippen molar-refractivity contribution in [2.45, 2.75) is 11.8 Å². The zero-order chi connectivity index (χ0) is 18.0. The van der Waals surface area contributed by atoms with Gasteiger partial charge in [0.15, 0.2) is 0 Å². The van der Waals surface area contributed by atoms with Crippen LogP contribution in [0.2, 0.25) is 0 Å². The van der Waals surface area contributed by atoms with E-state index in [0.717, 1.165) is 11.8 Å². The number of nitrogens with one attached hydrogen (secondary N) is 2. The van der Waals surface area contributed by atoms with Crippen LogP contribution < -0.4 is 14.2 Å². The van der Waals surface area contributed by atoms with Gasteiger partial charge in [-0.1, -0.05) is 18.2 Å². The number of sulfonamides is 2. The van der Waals surface area contributed by atoms with E-state index in [1.165, 1.54) is 25.3 Å². The first-order valence-electron chi connectivity index (χ1n) is 6.87. The fourth-order valence-corrected chi connectivity index (χ4v) is 3.97. The average Bonchev–Trinajstić information content (AvgIpc) is 2.47. The molecule has 0 saturated carbocycles. The lowest BCUT2D eigenvalue weighted by Crippen LogP contribution is -2.17. The molecular weight excluding hydrogens is 352 g/mol. The van der Waals surface area contributed by atoms with Crippen molar-refractivity contribution in [3.63, 3.8) is 0 Å². The predicted octanol–water partition coefficient (Wildman–Crippen LogP) is 2.18. The molecule has 0 saturated heterocycles. The number of benzene rings is 2. The molecule has 0 aromatic heterocycles. The zero-order valence-electron chi connectivity index (χ0n) is 13.4. The summed E-state index contributed by atoms with van der Waals surface area (Å²) in [5, 5.41) is 0. The van der Waals surface area contributed by atoms with Crippen LogP contribution >= 0.6 is 0 Å². The van der Waals surface area contributed by atoms with Crippen molar-refractivity contribution < 1.29 is 21.6 Å². The van der Waals surface area contributed by atoms with Crippen LogP contribution in [0.3, 0.4) is 0 Å². The van der Waals surface area contributed by atoms with E-state index >= 15 is 0 Å². The Kier molecular flexibility index (Phi) is 5.05. The monoisotopic (exact) mass is 370 g/mol. The number of aryl methyl sites for hydroxylation is 1. The van der Waals surface area contributed by atoms with Crippen LogP contribution in [0.5, 0.6) is 5.75 Å². The van der Waals surface area contributed by atoms with Gasteiger partial charge in [-0.15, -0.1) is 0 Å². The van der Waals surface area contributed by atoms with Gasteiger partial charge in [-0.25, -0.2) is 16.8 Å². The maximum absolute atomic E-state index is 12.7. The van der Waals surface area contributed by atoms with Gasteiger partial charge >= 0.3 is 0 Å². The molecule has 0 unspecified atom stereocenters. The van der Waals surface area contributed by atoms with Crippen LogP contribution in [0, 0.1) is 6.92 Å². The van der Waals surface area contributed by atoms with E-state index in [1.807, 2.05) is 0 Å². The van der Waals surface area contributed by atoms with Crippen LogP contribution in [0.25, 0.3) is 0 Å². The molecule has 7 nitrogen and oxygen atoms in total. The van der Waals surface area contributed by atoms with Crippen molar-refractivity contribution in [1.82, 2.24) is 0 Å². The fraction of sp³-hybridized carbons (Fsp3) is 0.200. The molecule has 0 fully saturated rings. The molecule has 0 aliphatic carbocycles. The van der Waals surface area contributed by atoms with E-state index in [1.54, 1.807) is 31.2 Å². The van der Waals surface area contributed by atoms with E-state index < -0.39 is 20.0 Å². The van der Waals surface area contributed by atoms with Crippen molar-refractivity contribution >= 4 is 31.4 Å². The Morgan fingerprint density at radius 3 is 2.04 bits per heavy atom. The molecule has 0 aliphatic heterocycles. The lowest BCUT2D eigenvalue weighted by molar-refractivity contribution is 0.402. The predicted molar refractivity (Wildman–Crippen MR) is 93.4 cm³/mol.